The Labute approximate surface area is 193 Å². The van der Waals surface area contributed by atoms with Gasteiger partial charge in [-0.3, -0.25) is 0 Å². The van der Waals surface area contributed by atoms with Crippen molar-refractivity contribution in [1.82, 2.24) is 5.32 Å². The van der Waals surface area contributed by atoms with Crippen LogP contribution in [0.15, 0.2) is 53.4 Å². The maximum absolute atomic E-state index is 12.4. The van der Waals surface area contributed by atoms with Gasteiger partial charge in [-0.2, -0.15) is 0 Å². The van der Waals surface area contributed by atoms with Gasteiger partial charge in [-0.1, -0.05) is 18.2 Å². The maximum Gasteiger partial charge on any atom is 0.407 e. The Bertz CT molecular complexity index is 894. The molecular formula is C24H31NO6S. The second-order valence-electron chi connectivity index (χ2n) is 8.11. The molecule has 0 aliphatic heterocycles. The molecule has 2 unspecified atom stereocenters. The highest BCUT2D eigenvalue weighted by atomic mass is 32.2. The first-order chi connectivity index (χ1) is 15.1. The van der Waals surface area contributed by atoms with E-state index < -0.39 is 17.7 Å². The van der Waals surface area contributed by atoms with Gasteiger partial charge in [-0.05, 0) is 63.6 Å². The zero-order valence-corrected chi connectivity index (χ0v) is 20.2. The summed E-state index contributed by atoms with van der Waals surface area (Å²) in [6.07, 6.45) is -0.485. The largest absolute Gasteiger partial charge is 0.497 e. The number of hydrogen-bond acceptors (Lipinski definition) is 7. The minimum absolute atomic E-state index is 0.110. The quantitative estimate of drug-likeness (QED) is 0.312. The molecule has 32 heavy (non-hydrogen) atoms. The normalized spacial score (nSPS) is 13.1. The van der Waals surface area contributed by atoms with Crippen LogP contribution in [0.5, 0.6) is 5.75 Å². The third-order valence-corrected chi connectivity index (χ3v) is 5.74. The molecule has 2 rings (SSSR count). The lowest BCUT2D eigenvalue weighted by molar-refractivity contribution is -0.0125. The topological polar surface area (TPSA) is 83.1 Å². The van der Waals surface area contributed by atoms with Gasteiger partial charge in [0.15, 0.2) is 6.79 Å². The van der Waals surface area contributed by atoms with Gasteiger partial charge in [0.05, 0.1) is 17.9 Å². The summed E-state index contributed by atoms with van der Waals surface area (Å²) in [6.45, 7) is 7.27. The summed E-state index contributed by atoms with van der Waals surface area (Å²) in [4.78, 5) is 25.4. The number of esters is 1. The minimum Gasteiger partial charge on any atom is -0.497 e. The molecule has 0 saturated carbocycles. The highest BCUT2D eigenvalue weighted by Crippen LogP contribution is 2.39. The van der Waals surface area contributed by atoms with Crippen molar-refractivity contribution in [1.29, 1.82) is 0 Å². The summed E-state index contributed by atoms with van der Waals surface area (Å²) in [5.41, 5.74) is 0.823. The van der Waals surface area contributed by atoms with Gasteiger partial charge in [0.2, 0.25) is 0 Å². The highest BCUT2D eigenvalue weighted by Gasteiger charge is 2.25. The lowest BCUT2D eigenvalue weighted by Gasteiger charge is -2.27. The summed E-state index contributed by atoms with van der Waals surface area (Å²) >= 11 is 1.53. The molecule has 0 radical (unpaired) electrons. The van der Waals surface area contributed by atoms with E-state index in [2.05, 4.69) is 5.32 Å². The molecule has 0 spiro atoms. The first kappa shape index (κ1) is 25.5. The van der Waals surface area contributed by atoms with Gasteiger partial charge in [-0.25, -0.2) is 9.59 Å². The van der Waals surface area contributed by atoms with E-state index in [0.717, 1.165) is 16.2 Å². The van der Waals surface area contributed by atoms with E-state index in [-0.39, 0.29) is 18.1 Å². The van der Waals surface area contributed by atoms with Crippen LogP contribution in [0.3, 0.4) is 0 Å². The van der Waals surface area contributed by atoms with Crippen LogP contribution in [0.25, 0.3) is 0 Å². The predicted octanol–water partition coefficient (Wildman–Crippen LogP) is 5.20. The smallest absolute Gasteiger partial charge is 0.407 e. The van der Waals surface area contributed by atoms with E-state index >= 15 is 0 Å². The van der Waals surface area contributed by atoms with E-state index in [1.165, 1.54) is 18.9 Å². The first-order valence-electron chi connectivity index (χ1n) is 10.2. The van der Waals surface area contributed by atoms with Gasteiger partial charge in [0, 0.05) is 18.0 Å². The molecule has 1 N–H and O–H groups in total. The predicted molar refractivity (Wildman–Crippen MR) is 124 cm³/mol. The molecule has 2 atom stereocenters. The lowest BCUT2D eigenvalue weighted by Crippen LogP contribution is -2.40. The zero-order chi connectivity index (χ0) is 23.7. The molecule has 8 heteroatoms. The van der Waals surface area contributed by atoms with E-state index in [4.69, 9.17) is 18.9 Å². The molecule has 0 bridgehead atoms. The van der Waals surface area contributed by atoms with E-state index in [0.29, 0.717) is 5.56 Å². The average Bonchev–Trinajstić information content (AvgIpc) is 2.74. The molecule has 1 amide bonds. The van der Waals surface area contributed by atoms with Crippen molar-refractivity contribution in [2.45, 2.75) is 49.5 Å². The number of nitrogens with one attached hydrogen (secondary N) is 1. The molecule has 7 nitrogen and oxygen atoms in total. The van der Waals surface area contributed by atoms with E-state index in [1.807, 2.05) is 58.0 Å². The number of benzene rings is 2. The fraction of sp³-hybridized carbons (Fsp3) is 0.417. The van der Waals surface area contributed by atoms with Crippen LogP contribution in [0.2, 0.25) is 0 Å². The van der Waals surface area contributed by atoms with Crippen LogP contribution in [0.1, 0.15) is 48.9 Å². The van der Waals surface area contributed by atoms with Crippen LogP contribution in [0, 0.1) is 0 Å². The van der Waals surface area contributed by atoms with Crippen molar-refractivity contribution < 1.29 is 28.5 Å². The second kappa shape index (κ2) is 11.8. The molecule has 0 heterocycles. The Hall–Kier alpha value is -2.71. The number of carbonyl (C=O) groups excluding carboxylic acids is 2. The number of hydrogen-bond donors (Lipinski definition) is 1. The van der Waals surface area contributed by atoms with Crippen LogP contribution < -0.4 is 10.1 Å². The number of ether oxygens (including phenoxy) is 4. The number of methoxy groups -OCH3 is 2. The summed E-state index contributed by atoms with van der Waals surface area (Å²) in [5, 5.41) is 2.77. The molecule has 0 aliphatic carbocycles. The van der Waals surface area contributed by atoms with Crippen LogP contribution in [0.4, 0.5) is 4.79 Å². The number of carbonyl (C=O) groups is 2. The summed E-state index contributed by atoms with van der Waals surface area (Å²) in [6, 6.07) is 14.6. The fourth-order valence-electron chi connectivity index (χ4n) is 2.86. The first-order valence-corrected chi connectivity index (χ1v) is 11.1. The Morgan fingerprint density at radius 1 is 1.06 bits per heavy atom. The molecular weight excluding hydrogens is 430 g/mol. The molecule has 0 aromatic heterocycles. The van der Waals surface area contributed by atoms with Gasteiger partial charge in [0.1, 0.15) is 11.4 Å². The van der Waals surface area contributed by atoms with E-state index in [1.54, 1.807) is 25.3 Å². The number of amides is 1. The van der Waals surface area contributed by atoms with Gasteiger partial charge < -0.3 is 24.3 Å². The average molecular weight is 462 g/mol. The van der Waals surface area contributed by atoms with Crippen molar-refractivity contribution in [3.8, 4) is 5.75 Å². The van der Waals surface area contributed by atoms with Gasteiger partial charge >= 0.3 is 12.1 Å². The standard InChI is InChI=1S/C24H31NO6S/c1-16(25-23(27)31-24(2,3)4)21(17-10-12-19(29-6)13-11-17)32-20-9-7-8-18(14-20)22(26)30-15-28-5/h7-14,16,21H,15H2,1-6H3,(H,25,27). The molecule has 2 aromatic rings. The van der Waals surface area contributed by atoms with Gasteiger partial charge in [-0.15, -0.1) is 11.8 Å². The number of alkyl carbamates (subject to hydrolysis) is 1. The van der Waals surface area contributed by atoms with Crippen molar-refractivity contribution in [3.05, 3.63) is 59.7 Å². The monoisotopic (exact) mass is 461 g/mol. The Morgan fingerprint density at radius 2 is 1.75 bits per heavy atom. The number of thioether (sulfide) groups is 1. The Morgan fingerprint density at radius 3 is 2.34 bits per heavy atom. The molecule has 0 aliphatic rings. The summed E-state index contributed by atoms with van der Waals surface area (Å²) < 4.78 is 20.5. The fourth-order valence-corrected chi connectivity index (χ4v) is 4.07. The van der Waals surface area contributed by atoms with Gasteiger partial charge in [0.25, 0.3) is 0 Å². The third-order valence-electron chi connectivity index (χ3n) is 4.28. The zero-order valence-electron chi connectivity index (χ0n) is 19.3. The van der Waals surface area contributed by atoms with Crippen molar-refractivity contribution >= 4 is 23.8 Å². The van der Waals surface area contributed by atoms with Crippen molar-refractivity contribution in [2.24, 2.45) is 0 Å². The third kappa shape index (κ3) is 8.09. The molecule has 174 valence electrons. The summed E-state index contributed by atoms with van der Waals surface area (Å²) in [7, 11) is 3.07. The van der Waals surface area contributed by atoms with Crippen molar-refractivity contribution in [3.63, 3.8) is 0 Å². The van der Waals surface area contributed by atoms with Crippen molar-refractivity contribution in [2.75, 3.05) is 21.0 Å². The SMILES string of the molecule is COCOC(=O)c1cccc(SC(c2ccc(OC)cc2)C(C)NC(=O)OC(C)(C)C)c1. The van der Waals surface area contributed by atoms with Crippen LogP contribution in [-0.4, -0.2) is 44.7 Å². The maximum atomic E-state index is 12.4. The molecule has 0 saturated heterocycles. The second-order valence-corrected chi connectivity index (χ2v) is 9.33. The minimum atomic E-state index is -0.594. The lowest BCUT2D eigenvalue weighted by atomic mass is 10.1. The Kier molecular flexibility index (Phi) is 9.41. The highest BCUT2D eigenvalue weighted by molar-refractivity contribution is 7.99. The number of rotatable bonds is 9. The Balaban J connectivity index is 2.26. The van der Waals surface area contributed by atoms with E-state index in [9.17, 15) is 9.59 Å². The van der Waals surface area contributed by atoms with Crippen LogP contribution >= 0.6 is 11.8 Å². The molecule has 0 fully saturated rings. The molecule has 2 aromatic carbocycles. The summed E-state index contributed by atoms with van der Waals surface area (Å²) in [5.74, 6) is 0.281. The van der Waals surface area contributed by atoms with Crippen LogP contribution in [-0.2, 0) is 14.2 Å².